The van der Waals surface area contributed by atoms with E-state index in [1.807, 2.05) is 20.0 Å². The summed E-state index contributed by atoms with van der Waals surface area (Å²) >= 11 is 0. The molecule has 0 saturated heterocycles. The van der Waals surface area contributed by atoms with Gasteiger partial charge in [-0.05, 0) is 33.9 Å². The Hall–Kier alpha value is -0.800. The quantitative estimate of drug-likeness (QED) is 0.786. The van der Waals surface area contributed by atoms with E-state index in [9.17, 15) is 0 Å². The Labute approximate surface area is 85.4 Å². The average molecular weight is 197 g/mol. The maximum atomic E-state index is 5.70. The van der Waals surface area contributed by atoms with Gasteiger partial charge in [-0.25, -0.2) is 0 Å². The van der Waals surface area contributed by atoms with E-state index in [4.69, 9.17) is 9.15 Å². The van der Waals surface area contributed by atoms with Crippen molar-refractivity contribution >= 4 is 0 Å². The molecule has 0 saturated carbocycles. The van der Waals surface area contributed by atoms with Crippen molar-refractivity contribution in [3.05, 3.63) is 24.2 Å². The fourth-order valence-electron chi connectivity index (χ4n) is 1.81. The number of ether oxygens (including phenoxy) is 1. The van der Waals surface area contributed by atoms with Gasteiger partial charge in [0.25, 0.3) is 0 Å². The molecule has 1 aromatic rings. The molecule has 0 radical (unpaired) electrons. The molecule has 1 atom stereocenters. The Morgan fingerprint density at radius 3 is 2.71 bits per heavy atom. The SMILES string of the molecule is CCOC(C)(C)C(NC)c1ccoc1. The Morgan fingerprint density at radius 2 is 2.29 bits per heavy atom. The van der Waals surface area contributed by atoms with Crippen molar-refractivity contribution in [2.24, 2.45) is 0 Å². The Balaban J connectivity index is 2.81. The highest BCUT2D eigenvalue weighted by Crippen LogP contribution is 2.28. The van der Waals surface area contributed by atoms with Crippen molar-refractivity contribution in [2.75, 3.05) is 13.7 Å². The first-order valence-corrected chi connectivity index (χ1v) is 4.95. The number of furan rings is 1. The first-order chi connectivity index (χ1) is 6.61. The molecule has 0 fully saturated rings. The smallest absolute Gasteiger partial charge is 0.0951 e. The maximum absolute atomic E-state index is 5.70. The third-order valence-electron chi connectivity index (χ3n) is 2.38. The minimum absolute atomic E-state index is 0.154. The lowest BCUT2D eigenvalue weighted by Gasteiger charge is -2.33. The molecule has 0 amide bonds. The summed E-state index contributed by atoms with van der Waals surface area (Å²) in [7, 11) is 1.93. The lowest BCUT2D eigenvalue weighted by molar-refractivity contribution is -0.0376. The molecular formula is C11H19NO2. The van der Waals surface area contributed by atoms with Crippen LogP contribution in [0.15, 0.2) is 23.0 Å². The zero-order chi connectivity index (χ0) is 10.6. The van der Waals surface area contributed by atoms with Crippen LogP contribution in [0.1, 0.15) is 32.4 Å². The number of rotatable bonds is 5. The highest BCUT2D eigenvalue weighted by atomic mass is 16.5. The van der Waals surface area contributed by atoms with Gasteiger partial charge >= 0.3 is 0 Å². The van der Waals surface area contributed by atoms with Crippen LogP contribution in [0.2, 0.25) is 0 Å². The van der Waals surface area contributed by atoms with Crippen molar-refractivity contribution in [1.82, 2.24) is 5.32 Å². The van der Waals surface area contributed by atoms with Crippen molar-refractivity contribution in [1.29, 1.82) is 0 Å². The van der Waals surface area contributed by atoms with Gasteiger partial charge in [0, 0.05) is 12.2 Å². The number of nitrogens with one attached hydrogen (secondary N) is 1. The van der Waals surface area contributed by atoms with Gasteiger partial charge in [-0.1, -0.05) is 0 Å². The summed E-state index contributed by atoms with van der Waals surface area (Å²) in [5, 5.41) is 3.24. The van der Waals surface area contributed by atoms with Crippen LogP contribution in [-0.2, 0) is 4.74 Å². The fraction of sp³-hybridized carbons (Fsp3) is 0.636. The predicted octanol–water partition coefficient (Wildman–Crippen LogP) is 2.36. The highest BCUT2D eigenvalue weighted by Gasteiger charge is 2.30. The standard InChI is InChI=1S/C11H19NO2/c1-5-14-11(2,3)10(12-4)9-6-7-13-8-9/h6-8,10,12H,5H2,1-4H3. The average Bonchev–Trinajstić information content (AvgIpc) is 2.57. The van der Waals surface area contributed by atoms with Gasteiger partial charge < -0.3 is 14.5 Å². The molecule has 1 heterocycles. The van der Waals surface area contributed by atoms with Gasteiger partial charge in [0.05, 0.1) is 24.2 Å². The molecule has 0 aromatic carbocycles. The largest absolute Gasteiger partial charge is 0.472 e. The fourth-order valence-corrected chi connectivity index (χ4v) is 1.81. The Morgan fingerprint density at radius 1 is 1.57 bits per heavy atom. The van der Waals surface area contributed by atoms with Gasteiger partial charge in [-0.3, -0.25) is 0 Å². The molecule has 1 aromatic heterocycles. The molecule has 0 aliphatic carbocycles. The molecule has 1 N–H and O–H groups in total. The van der Waals surface area contributed by atoms with Crippen LogP contribution in [0.25, 0.3) is 0 Å². The van der Waals surface area contributed by atoms with Crippen molar-refractivity contribution < 1.29 is 9.15 Å². The minimum atomic E-state index is -0.229. The van der Waals surface area contributed by atoms with E-state index in [2.05, 4.69) is 19.2 Å². The van der Waals surface area contributed by atoms with Crippen LogP contribution in [0.5, 0.6) is 0 Å². The van der Waals surface area contributed by atoms with E-state index in [1.165, 1.54) is 0 Å². The molecule has 0 bridgehead atoms. The normalized spacial score (nSPS) is 14.3. The van der Waals surface area contributed by atoms with Crippen LogP contribution < -0.4 is 5.32 Å². The van der Waals surface area contributed by atoms with Gasteiger partial charge in [-0.2, -0.15) is 0 Å². The summed E-state index contributed by atoms with van der Waals surface area (Å²) in [6, 6.07) is 2.11. The molecule has 0 aliphatic heterocycles. The molecule has 1 unspecified atom stereocenters. The first-order valence-electron chi connectivity index (χ1n) is 4.95. The van der Waals surface area contributed by atoms with Crippen LogP contribution in [0.4, 0.5) is 0 Å². The first kappa shape index (κ1) is 11.3. The third kappa shape index (κ3) is 2.36. The number of likely N-dealkylation sites (N-methyl/N-ethyl adjacent to an activating group) is 1. The second-order valence-electron chi connectivity index (χ2n) is 3.81. The van der Waals surface area contributed by atoms with Crippen molar-refractivity contribution in [2.45, 2.75) is 32.4 Å². The van der Waals surface area contributed by atoms with E-state index in [0.29, 0.717) is 6.61 Å². The summed E-state index contributed by atoms with van der Waals surface area (Å²) in [4.78, 5) is 0. The summed E-state index contributed by atoms with van der Waals surface area (Å²) < 4.78 is 10.8. The summed E-state index contributed by atoms with van der Waals surface area (Å²) in [6.07, 6.45) is 3.43. The van der Waals surface area contributed by atoms with E-state index in [0.717, 1.165) is 5.56 Å². The topological polar surface area (TPSA) is 34.4 Å². The van der Waals surface area contributed by atoms with Crippen molar-refractivity contribution in [3.63, 3.8) is 0 Å². The Kier molecular flexibility index (Phi) is 3.72. The predicted molar refractivity (Wildman–Crippen MR) is 56.2 cm³/mol. The van der Waals surface area contributed by atoms with Gasteiger partial charge in [0.1, 0.15) is 0 Å². The Bertz CT molecular complexity index is 254. The van der Waals surface area contributed by atoms with Crippen molar-refractivity contribution in [3.8, 4) is 0 Å². The molecular weight excluding hydrogens is 178 g/mol. The van der Waals surface area contributed by atoms with E-state index in [-0.39, 0.29) is 11.6 Å². The second-order valence-corrected chi connectivity index (χ2v) is 3.81. The molecule has 3 heteroatoms. The number of hydrogen-bond acceptors (Lipinski definition) is 3. The van der Waals surface area contributed by atoms with E-state index in [1.54, 1.807) is 12.5 Å². The van der Waals surface area contributed by atoms with Crippen LogP contribution in [-0.4, -0.2) is 19.3 Å². The lowest BCUT2D eigenvalue weighted by atomic mass is 9.93. The molecule has 14 heavy (non-hydrogen) atoms. The van der Waals surface area contributed by atoms with Gasteiger partial charge in [-0.15, -0.1) is 0 Å². The van der Waals surface area contributed by atoms with Crippen LogP contribution in [0.3, 0.4) is 0 Å². The van der Waals surface area contributed by atoms with Gasteiger partial charge in [0.2, 0.25) is 0 Å². The molecule has 3 nitrogen and oxygen atoms in total. The monoisotopic (exact) mass is 197 g/mol. The van der Waals surface area contributed by atoms with E-state index >= 15 is 0 Å². The lowest BCUT2D eigenvalue weighted by Crippen LogP contribution is -2.39. The third-order valence-corrected chi connectivity index (χ3v) is 2.38. The molecule has 1 rings (SSSR count). The van der Waals surface area contributed by atoms with Crippen LogP contribution >= 0.6 is 0 Å². The summed E-state index contributed by atoms with van der Waals surface area (Å²) in [5.74, 6) is 0. The molecule has 80 valence electrons. The number of hydrogen-bond donors (Lipinski definition) is 1. The summed E-state index contributed by atoms with van der Waals surface area (Å²) in [5.41, 5.74) is 0.888. The molecule has 0 spiro atoms. The zero-order valence-electron chi connectivity index (χ0n) is 9.33. The van der Waals surface area contributed by atoms with Crippen LogP contribution in [0, 0.1) is 0 Å². The maximum Gasteiger partial charge on any atom is 0.0951 e. The van der Waals surface area contributed by atoms with Gasteiger partial charge in [0.15, 0.2) is 0 Å². The molecule has 0 aliphatic rings. The van der Waals surface area contributed by atoms with E-state index < -0.39 is 0 Å². The second kappa shape index (κ2) is 4.62. The summed E-state index contributed by atoms with van der Waals surface area (Å²) in [6.45, 7) is 6.86. The highest BCUT2D eigenvalue weighted by molar-refractivity contribution is 5.15. The zero-order valence-corrected chi connectivity index (χ0v) is 9.33. The minimum Gasteiger partial charge on any atom is -0.472 e.